The minimum Gasteiger partial charge on any atom is -0.370 e. The molecule has 2 unspecified atom stereocenters. The number of rotatable bonds is 7. The SMILES string of the molecule is CCC(CN=C(N)NCC1CCCN1CC)N1CCCC1. The molecule has 122 valence electrons. The molecular weight excluding hydrogens is 262 g/mol. The van der Waals surface area contributed by atoms with Crippen molar-refractivity contribution < 1.29 is 0 Å². The summed E-state index contributed by atoms with van der Waals surface area (Å²) in [5.41, 5.74) is 6.04. The quantitative estimate of drug-likeness (QED) is 0.548. The second-order valence-electron chi connectivity index (χ2n) is 6.34. The number of likely N-dealkylation sites (N-methyl/N-ethyl adjacent to an activating group) is 1. The highest BCUT2D eigenvalue weighted by Crippen LogP contribution is 2.16. The highest BCUT2D eigenvalue weighted by Gasteiger charge is 2.23. The van der Waals surface area contributed by atoms with Crippen LogP contribution in [0, 0.1) is 0 Å². The van der Waals surface area contributed by atoms with Crippen LogP contribution < -0.4 is 11.1 Å². The standard InChI is InChI=1S/C16H33N5/c1-3-14(21-9-5-6-10-21)12-18-16(17)19-13-15-8-7-11-20(15)4-2/h14-15H,3-13H2,1-2H3,(H3,17,18,19). The molecule has 2 fully saturated rings. The Morgan fingerprint density at radius 3 is 2.67 bits per heavy atom. The van der Waals surface area contributed by atoms with Crippen molar-refractivity contribution in [3.8, 4) is 0 Å². The number of hydrogen-bond acceptors (Lipinski definition) is 3. The number of likely N-dealkylation sites (tertiary alicyclic amines) is 2. The van der Waals surface area contributed by atoms with Gasteiger partial charge in [0.25, 0.3) is 0 Å². The lowest BCUT2D eigenvalue weighted by molar-refractivity contribution is 0.242. The van der Waals surface area contributed by atoms with Gasteiger partial charge in [0.1, 0.15) is 0 Å². The van der Waals surface area contributed by atoms with Gasteiger partial charge in [0.05, 0.1) is 6.54 Å². The Bertz CT molecular complexity index is 325. The zero-order valence-corrected chi connectivity index (χ0v) is 13.9. The van der Waals surface area contributed by atoms with Crippen LogP contribution in [0.1, 0.15) is 46.0 Å². The van der Waals surface area contributed by atoms with Crippen molar-refractivity contribution in [1.82, 2.24) is 15.1 Å². The average molecular weight is 295 g/mol. The number of nitrogens with zero attached hydrogens (tertiary/aromatic N) is 3. The molecule has 21 heavy (non-hydrogen) atoms. The van der Waals surface area contributed by atoms with E-state index in [0.717, 1.165) is 26.1 Å². The predicted molar refractivity (Wildman–Crippen MR) is 89.6 cm³/mol. The van der Waals surface area contributed by atoms with Gasteiger partial charge in [0.15, 0.2) is 5.96 Å². The van der Waals surface area contributed by atoms with Gasteiger partial charge in [-0.05, 0) is 58.3 Å². The molecule has 0 saturated carbocycles. The molecular formula is C16H33N5. The smallest absolute Gasteiger partial charge is 0.188 e. The first-order chi connectivity index (χ1) is 10.2. The van der Waals surface area contributed by atoms with E-state index < -0.39 is 0 Å². The maximum absolute atomic E-state index is 6.04. The molecule has 2 aliphatic heterocycles. The highest BCUT2D eigenvalue weighted by molar-refractivity contribution is 5.77. The maximum atomic E-state index is 6.04. The summed E-state index contributed by atoms with van der Waals surface area (Å²) < 4.78 is 0. The molecule has 0 radical (unpaired) electrons. The van der Waals surface area contributed by atoms with Gasteiger partial charge in [-0.1, -0.05) is 13.8 Å². The third-order valence-electron chi connectivity index (χ3n) is 5.02. The van der Waals surface area contributed by atoms with E-state index in [1.165, 1.54) is 45.3 Å². The molecule has 0 aromatic rings. The fourth-order valence-corrected chi connectivity index (χ4v) is 3.63. The monoisotopic (exact) mass is 295 g/mol. The Kier molecular flexibility index (Phi) is 6.77. The summed E-state index contributed by atoms with van der Waals surface area (Å²) in [4.78, 5) is 9.66. The van der Waals surface area contributed by atoms with E-state index in [1.54, 1.807) is 0 Å². The first-order valence-electron chi connectivity index (χ1n) is 8.76. The van der Waals surface area contributed by atoms with E-state index in [-0.39, 0.29) is 0 Å². The Hall–Kier alpha value is -0.810. The Morgan fingerprint density at radius 2 is 2.00 bits per heavy atom. The van der Waals surface area contributed by atoms with Crippen LogP contribution in [-0.2, 0) is 0 Å². The largest absolute Gasteiger partial charge is 0.370 e. The lowest BCUT2D eigenvalue weighted by Gasteiger charge is -2.25. The van der Waals surface area contributed by atoms with Crippen LogP contribution >= 0.6 is 0 Å². The van der Waals surface area contributed by atoms with Crippen LogP contribution in [-0.4, -0.2) is 67.1 Å². The lowest BCUT2D eigenvalue weighted by Crippen LogP contribution is -2.43. The summed E-state index contributed by atoms with van der Waals surface area (Å²) >= 11 is 0. The Balaban J connectivity index is 1.72. The molecule has 5 heteroatoms. The summed E-state index contributed by atoms with van der Waals surface area (Å²) in [5.74, 6) is 0.621. The lowest BCUT2D eigenvalue weighted by atomic mass is 10.2. The number of hydrogen-bond donors (Lipinski definition) is 2. The highest BCUT2D eigenvalue weighted by atomic mass is 15.2. The van der Waals surface area contributed by atoms with Crippen molar-refractivity contribution in [3.05, 3.63) is 0 Å². The second-order valence-corrected chi connectivity index (χ2v) is 6.34. The molecule has 0 amide bonds. The van der Waals surface area contributed by atoms with Crippen LogP contribution in [0.25, 0.3) is 0 Å². The third-order valence-corrected chi connectivity index (χ3v) is 5.02. The van der Waals surface area contributed by atoms with E-state index in [4.69, 9.17) is 5.73 Å². The van der Waals surface area contributed by atoms with Crippen molar-refractivity contribution in [1.29, 1.82) is 0 Å². The first-order valence-corrected chi connectivity index (χ1v) is 8.76. The molecule has 3 N–H and O–H groups in total. The number of guanidine groups is 1. The molecule has 2 aliphatic rings. The molecule has 0 aliphatic carbocycles. The summed E-state index contributed by atoms with van der Waals surface area (Å²) in [6, 6.07) is 1.19. The van der Waals surface area contributed by atoms with E-state index in [9.17, 15) is 0 Å². The Morgan fingerprint density at radius 1 is 1.24 bits per heavy atom. The molecule has 0 aromatic carbocycles. The molecule has 5 nitrogen and oxygen atoms in total. The van der Waals surface area contributed by atoms with E-state index in [1.807, 2.05) is 0 Å². The van der Waals surface area contributed by atoms with Crippen molar-refractivity contribution >= 4 is 5.96 Å². The van der Waals surface area contributed by atoms with Crippen molar-refractivity contribution in [2.45, 2.75) is 58.0 Å². The average Bonchev–Trinajstić information content (AvgIpc) is 3.17. The molecule has 0 bridgehead atoms. The topological polar surface area (TPSA) is 56.9 Å². The molecule has 0 spiro atoms. The van der Waals surface area contributed by atoms with Crippen molar-refractivity contribution in [3.63, 3.8) is 0 Å². The van der Waals surface area contributed by atoms with Crippen LogP contribution in [0.4, 0.5) is 0 Å². The number of nitrogens with two attached hydrogens (primary N) is 1. The molecule has 2 heterocycles. The summed E-state index contributed by atoms with van der Waals surface area (Å²) in [6.07, 6.45) is 6.41. The van der Waals surface area contributed by atoms with Gasteiger partial charge in [-0.2, -0.15) is 0 Å². The summed E-state index contributed by atoms with van der Waals surface area (Å²) in [5, 5.41) is 3.33. The maximum Gasteiger partial charge on any atom is 0.188 e. The van der Waals surface area contributed by atoms with E-state index in [2.05, 4.69) is 34.0 Å². The van der Waals surface area contributed by atoms with Gasteiger partial charge in [0, 0.05) is 18.6 Å². The normalized spacial score (nSPS) is 26.4. The number of nitrogens with one attached hydrogen (secondary N) is 1. The minimum atomic E-state index is 0.562. The summed E-state index contributed by atoms with van der Waals surface area (Å²) in [7, 11) is 0. The van der Waals surface area contributed by atoms with Gasteiger partial charge in [-0.25, -0.2) is 0 Å². The van der Waals surface area contributed by atoms with Crippen LogP contribution in [0.15, 0.2) is 4.99 Å². The van der Waals surface area contributed by atoms with E-state index in [0.29, 0.717) is 18.0 Å². The van der Waals surface area contributed by atoms with Gasteiger partial charge in [-0.15, -0.1) is 0 Å². The fraction of sp³-hybridized carbons (Fsp3) is 0.938. The van der Waals surface area contributed by atoms with Gasteiger partial charge in [0.2, 0.25) is 0 Å². The third kappa shape index (κ3) is 4.85. The van der Waals surface area contributed by atoms with Crippen LogP contribution in [0.2, 0.25) is 0 Å². The van der Waals surface area contributed by atoms with E-state index >= 15 is 0 Å². The van der Waals surface area contributed by atoms with Crippen molar-refractivity contribution in [2.75, 3.05) is 39.3 Å². The first kappa shape index (κ1) is 16.6. The summed E-state index contributed by atoms with van der Waals surface area (Å²) in [6.45, 7) is 11.1. The minimum absolute atomic E-state index is 0.562. The molecule has 2 atom stereocenters. The molecule has 0 aromatic heterocycles. The number of aliphatic imine (C=N–C) groups is 1. The van der Waals surface area contributed by atoms with Crippen LogP contribution in [0.3, 0.4) is 0 Å². The van der Waals surface area contributed by atoms with Gasteiger partial charge < -0.3 is 11.1 Å². The molecule has 2 rings (SSSR count). The van der Waals surface area contributed by atoms with Gasteiger partial charge in [-0.3, -0.25) is 14.8 Å². The fourth-order valence-electron chi connectivity index (χ4n) is 3.63. The van der Waals surface area contributed by atoms with Crippen molar-refractivity contribution in [2.24, 2.45) is 10.7 Å². The van der Waals surface area contributed by atoms with Crippen LogP contribution in [0.5, 0.6) is 0 Å². The Labute approximate surface area is 130 Å². The zero-order valence-electron chi connectivity index (χ0n) is 13.9. The predicted octanol–water partition coefficient (Wildman–Crippen LogP) is 1.25. The second kappa shape index (κ2) is 8.59. The van der Waals surface area contributed by atoms with Gasteiger partial charge >= 0.3 is 0 Å². The zero-order chi connectivity index (χ0) is 15.1. The molecule has 2 saturated heterocycles.